The molecule has 13 heavy (non-hydrogen) atoms. The van der Waals surface area contributed by atoms with Crippen molar-refractivity contribution < 1.29 is 19.0 Å². The number of methoxy groups -OCH3 is 3. The van der Waals surface area contributed by atoms with Gasteiger partial charge in [0.05, 0.1) is 7.11 Å². The maximum absolute atomic E-state index is 10.8. The zero-order chi connectivity index (χ0) is 10.4. The fourth-order valence-electron chi connectivity index (χ4n) is 1.01. The van der Waals surface area contributed by atoms with E-state index in [1.807, 2.05) is 0 Å². The first-order valence-electron chi connectivity index (χ1n) is 3.68. The third-order valence-corrected chi connectivity index (χ3v) is 1.57. The molecular weight excluding hydrogens is 174 g/mol. The third kappa shape index (κ3) is 3.04. The molecule has 0 saturated carbocycles. The van der Waals surface area contributed by atoms with Gasteiger partial charge in [-0.15, -0.1) is 0 Å². The van der Waals surface area contributed by atoms with Gasteiger partial charge in [0, 0.05) is 19.8 Å². The van der Waals surface area contributed by atoms with Gasteiger partial charge in [0.2, 0.25) is 0 Å². The Hall–Kier alpha value is -1.07. The fourth-order valence-corrected chi connectivity index (χ4v) is 1.01. The van der Waals surface area contributed by atoms with Crippen LogP contribution in [-0.2, 0) is 19.0 Å². The third-order valence-electron chi connectivity index (χ3n) is 1.57. The van der Waals surface area contributed by atoms with Gasteiger partial charge < -0.3 is 19.9 Å². The molecule has 5 heteroatoms. The highest BCUT2D eigenvalue weighted by Crippen LogP contribution is 2.12. The number of amides is 1. The second-order valence-electron chi connectivity index (χ2n) is 2.38. The number of nitrogens with two attached hydrogens (primary N) is 1. The van der Waals surface area contributed by atoms with E-state index in [1.165, 1.54) is 21.3 Å². The van der Waals surface area contributed by atoms with Gasteiger partial charge in [0.25, 0.3) is 5.91 Å². The largest absolute Gasteiger partial charge is 0.491 e. The molecule has 0 aliphatic heterocycles. The van der Waals surface area contributed by atoms with Gasteiger partial charge >= 0.3 is 0 Å². The molecule has 0 aromatic carbocycles. The van der Waals surface area contributed by atoms with Crippen molar-refractivity contribution in [2.45, 2.75) is 13.2 Å². The number of carbonyl (C=O) groups is 1. The highest BCUT2D eigenvalue weighted by molar-refractivity contribution is 5.90. The topological polar surface area (TPSA) is 70.8 Å². The summed E-state index contributed by atoms with van der Waals surface area (Å²) in [4.78, 5) is 10.8. The quantitative estimate of drug-likeness (QED) is 0.376. The fraction of sp³-hybridized carbons (Fsp3) is 0.625. The molecular formula is C8H15NO4. The minimum Gasteiger partial charge on any atom is -0.491 e. The SMILES string of the molecule is CO/C(C(N)=O)=C(/C)C(OC)OC. The average Bonchev–Trinajstić information content (AvgIpc) is 2.07. The van der Waals surface area contributed by atoms with Crippen LogP contribution in [0, 0.1) is 0 Å². The highest BCUT2D eigenvalue weighted by Gasteiger charge is 2.17. The molecule has 0 heterocycles. The van der Waals surface area contributed by atoms with Crippen LogP contribution in [0.25, 0.3) is 0 Å². The molecule has 2 N–H and O–H groups in total. The van der Waals surface area contributed by atoms with Gasteiger partial charge in [-0.2, -0.15) is 0 Å². The number of ether oxygens (including phenoxy) is 3. The van der Waals surface area contributed by atoms with Gasteiger partial charge in [-0.25, -0.2) is 0 Å². The molecule has 0 bridgehead atoms. The second-order valence-corrected chi connectivity index (χ2v) is 2.38. The molecule has 0 radical (unpaired) electrons. The lowest BCUT2D eigenvalue weighted by Crippen LogP contribution is -2.23. The van der Waals surface area contributed by atoms with E-state index in [4.69, 9.17) is 19.9 Å². The van der Waals surface area contributed by atoms with Crippen LogP contribution in [-0.4, -0.2) is 33.5 Å². The van der Waals surface area contributed by atoms with Crippen LogP contribution in [0.1, 0.15) is 6.92 Å². The van der Waals surface area contributed by atoms with Gasteiger partial charge in [0.15, 0.2) is 12.0 Å². The molecule has 0 spiro atoms. The molecule has 0 aromatic heterocycles. The average molecular weight is 189 g/mol. The molecule has 5 nitrogen and oxygen atoms in total. The molecule has 0 aliphatic rings. The van der Waals surface area contributed by atoms with Crippen molar-refractivity contribution in [2.24, 2.45) is 5.73 Å². The highest BCUT2D eigenvalue weighted by atomic mass is 16.7. The monoisotopic (exact) mass is 189 g/mol. The van der Waals surface area contributed by atoms with Crippen LogP contribution >= 0.6 is 0 Å². The van der Waals surface area contributed by atoms with Crippen molar-refractivity contribution in [1.82, 2.24) is 0 Å². The van der Waals surface area contributed by atoms with Crippen LogP contribution in [0.5, 0.6) is 0 Å². The minimum atomic E-state index is -0.640. The minimum absolute atomic E-state index is 0.0636. The Morgan fingerprint density at radius 2 is 1.69 bits per heavy atom. The van der Waals surface area contributed by atoms with Gasteiger partial charge in [-0.3, -0.25) is 4.79 Å². The normalized spacial score (nSPS) is 12.7. The van der Waals surface area contributed by atoms with Crippen molar-refractivity contribution in [3.63, 3.8) is 0 Å². The first kappa shape index (κ1) is 11.9. The summed E-state index contributed by atoms with van der Waals surface area (Å²) in [6, 6.07) is 0. The van der Waals surface area contributed by atoms with E-state index in [-0.39, 0.29) is 5.76 Å². The van der Waals surface area contributed by atoms with Crippen LogP contribution in [0.2, 0.25) is 0 Å². The molecule has 0 rings (SSSR count). The summed E-state index contributed by atoms with van der Waals surface area (Å²) < 4.78 is 14.7. The summed E-state index contributed by atoms with van der Waals surface area (Å²) in [6.07, 6.45) is -0.609. The van der Waals surface area contributed by atoms with Crippen LogP contribution in [0.3, 0.4) is 0 Å². The second kappa shape index (κ2) is 5.55. The van der Waals surface area contributed by atoms with E-state index in [9.17, 15) is 4.79 Å². The summed E-state index contributed by atoms with van der Waals surface area (Å²) in [6.45, 7) is 1.65. The van der Waals surface area contributed by atoms with Gasteiger partial charge in [-0.05, 0) is 6.92 Å². The zero-order valence-corrected chi connectivity index (χ0v) is 8.29. The lowest BCUT2D eigenvalue weighted by Gasteiger charge is -2.16. The van der Waals surface area contributed by atoms with E-state index in [2.05, 4.69) is 0 Å². The van der Waals surface area contributed by atoms with Gasteiger partial charge in [-0.1, -0.05) is 0 Å². The molecule has 0 aromatic rings. The number of hydrogen-bond donors (Lipinski definition) is 1. The smallest absolute Gasteiger partial charge is 0.283 e. The molecule has 0 unspecified atom stereocenters. The van der Waals surface area contributed by atoms with E-state index in [1.54, 1.807) is 6.92 Å². The van der Waals surface area contributed by atoms with Crippen molar-refractivity contribution in [3.05, 3.63) is 11.3 Å². The van der Waals surface area contributed by atoms with E-state index in [0.717, 1.165) is 0 Å². The molecule has 0 aliphatic carbocycles. The molecule has 1 amide bonds. The van der Waals surface area contributed by atoms with E-state index >= 15 is 0 Å². The van der Waals surface area contributed by atoms with Crippen LogP contribution in [0.15, 0.2) is 11.3 Å². The summed E-state index contributed by atoms with van der Waals surface area (Å²) in [5, 5.41) is 0. The standard InChI is InChI=1S/C8H15NO4/c1-5(8(12-3)13-4)6(11-2)7(9)10/h8H,1-4H3,(H2,9,10)/b6-5-. The Morgan fingerprint density at radius 3 is 1.92 bits per heavy atom. The Balaban J connectivity index is 4.81. The van der Waals surface area contributed by atoms with Crippen LogP contribution in [0.4, 0.5) is 0 Å². The maximum atomic E-state index is 10.8. The van der Waals surface area contributed by atoms with Crippen LogP contribution < -0.4 is 5.73 Å². The molecule has 0 saturated heterocycles. The first-order valence-corrected chi connectivity index (χ1v) is 3.68. The Kier molecular flexibility index (Phi) is 5.10. The Labute approximate surface area is 77.4 Å². The molecule has 0 atom stereocenters. The van der Waals surface area contributed by atoms with Crippen molar-refractivity contribution in [2.75, 3.05) is 21.3 Å². The summed E-state index contributed by atoms with van der Waals surface area (Å²) in [7, 11) is 4.30. The maximum Gasteiger partial charge on any atom is 0.283 e. The molecule has 76 valence electrons. The van der Waals surface area contributed by atoms with Crippen molar-refractivity contribution >= 4 is 5.91 Å². The molecule has 0 fully saturated rings. The number of rotatable bonds is 5. The van der Waals surface area contributed by atoms with E-state index in [0.29, 0.717) is 5.57 Å². The lowest BCUT2D eigenvalue weighted by molar-refractivity contribution is -0.118. The van der Waals surface area contributed by atoms with Gasteiger partial charge in [0.1, 0.15) is 0 Å². The van der Waals surface area contributed by atoms with Crippen molar-refractivity contribution in [1.29, 1.82) is 0 Å². The lowest BCUT2D eigenvalue weighted by atomic mass is 10.2. The summed E-state index contributed by atoms with van der Waals surface area (Å²) in [5.74, 6) is -0.576. The predicted molar refractivity (Wildman–Crippen MR) is 46.7 cm³/mol. The predicted octanol–water partition coefficient (Wildman–Crippen LogP) is 0.0110. The zero-order valence-electron chi connectivity index (χ0n) is 8.29. The van der Waals surface area contributed by atoms with E-state index < -0.39 is 12.2 Å². The van der Waals surface area contributed by atoms with Crippen molar-refractivity contribution in [3.8, 4) is 0 Å². The number of primary amides is 1. The number of hydrogen-bond acceptors (Lipinski definition) is 4. The summed E-state index contributed by atoms with van der Waals surface area (Å²) >= 11 is 0. The first-order chi connectivity index (χ1) is 6.08. The number of carbonyl (C=O) groups excluding carboxylic acids is 1. The summed E-state index contributed by atoms with van der Waals surface area (Å²) in [5.41, 5.74) is 5.58. The Morgan fingerprint density at radius 1 is 1.23 bits per heavy atom. The Bertz CT molecular complexity index is 208.